The molecule has 1 aliphatic heterocycles. The highest BCUT2D eigenvalue weighted by Crippen LogP contribution is 2.43. The summed E-state index contributed by atoms with van der Waals surface area (Å²) in [4.78, 5) is 20.9. The van der Waals surface area contributed by atoms with E-state index in [1.807, 2.05) is 31.0 Å². The Hall–Kier alpha value is -2.54. The van der Waals surface area contributed by atoms with Gasteiger partial charge in [-0.25, -0.2) is 13.8 Å². The van der Waals surface area contributed by atoms with Crippen LogP contribution in [0.2, 0.25) is 0 Å². The van der Waals surface area contributed by atoms with E-state index < -0.39 is 11.6 Å². The molecule has 1 aliphatic carbocycles. The van der Waals surface area contributed by atoms with Gasteiger partial charge < -0.3 is 9.64 Å². The first-order valence-corrected chi connectivity index (χ1v) is 12.9. The van der Waals surface area contributed by atoms with E-state index in [2.05, 4.69) is 18.5 Å². The maximum Gasteiger partial charge on any atom is 0.226 e. The molecule has 2 aromatic rings. The molecule has 7 heteroatoms. The number of rotatable bonds is 8. The quantitative estimate of drug-likeness (QED) is 0.289. The molecule has 182 valence electrons. The van der Waals surface area contributed by atoms with E-state index in [-0.39, 0.29) is 30.0 Å². The minimum absolute atomic E-state index is 0.0380. The van der Waals surface area contributed by atoms with Crippen LogP contribution in [0.1, 0.15) is 74.4 Å². The maximum absolute atomic E-state index is 13.8. The lowest BCUT2D eigenvalue weighted by atomic mass is 9.80. The standard InChI is InChI=1S/C27H32F2N2O2S/c1-5-6-9-30-26-24(10-17(3)34-26)18(4)33-23-13-20(14-23)27(32)31-16(2)7-8-25(31)19-11-21(28)15-22(29)12-19/h9-12,15-16,20,23,25H,4-8,13-14H2,1-3H3/b30-9-. The third-order valence-electron chi connectivity index (χ3n) is 6.71. The second-order valence-electron chi connectivity index (χ2n) is 9.40. The molecule has 4 nitrogen and oxygen atoms in total. The molecule has 34 heavy (non-hydrogen) atoms. The normalized spacial score (nSPS) is 24.4. The molecule has 1 amide bonds. The summed E-state index contributed by atoms with van der Waals surface area (Å²) in [6.07, 6.45) is 6.58. The van der Waals surface area contributed by atoms with Crippen LogP contribution in [0.4, 0.5) is 13.8 Å². The second-order valence-corrected chi connectivity index (χ2v) is 10.6. The van der Waals surface area contributed by atoms with Gasteiger partial charge in [0, 0.05) is 29.1 Å². The van der Waals surface area contributed by atoms with Gasteiger partial charge in [-0.1, -0.05) is 19.9 Å². The molecule has 2 unspecified atom stereocenters. The Morgan fingerprint density at radius 2 is 1.94 bits per heavy atom. The topological polar surface area (TPSA) is 41.9 Å². The second kappa shape index (κ2) is 10.4. The number of aliphatic imine (C=N–C) groups is 1. The number of carbonyl (C=O) groups excluding carboxylic acids is 1. The fourth-order valence-corrected chi connectivity index (χ4v) is 5.75. The Morgan fingerprint density at radius 1 is 1.24 bits per heavy atom. The third-order valence-corrected chi connectivity index (χ3v) is 7.67. The van der Waals surface area contributed by atoms with Crippen molar-refractivity contribution in [3.63, 3.8) is 0 Å². The van der Waals surface area contributed by atoms with Crippen molar-refractivity contribution in [2.45, 2.75) is 77.5 Å². The van der Waals surface area contributed by atoms with Gasteiger partial charge >= 0.3 is 0 Å². The van der Waals surface area contributed by atoms with Crippen LogP contribution in [0.25, 0.3) is 5.76 Å². The molecular formula is C27H32F2N2O2S. The molecule has 0 spiro atoms. The van der Waals surface area contributed by atoms with E-state index in [1.54, 1.807) is 11.3 Å². The van der Waals surface area contributed by atoms with Crippen LogP contribution in [-0.4, -0.2) is 29.2 Å². The van der Waals surface area contributed by atoms with Crippen molar-refractivity contribution in [1.82, 2.24) is 4.90 Å². The van der Waals surface area contributed by atoms with E-state index in [9.17, 15) is 13.6 Å². The average Bonchev–Trinajstić information content (AvgIpc) is 3.31. The zero-order chi connectivity index (χ0) is 24.4. The van der Waals surface area contributed by atoms with Crippen LogP contribution in [-0.2, 0) is 9.53 Å². The predicted molar refractivity (Wildman–Crippen MR) is 133 cm³/mol. The van der Waals surface area contributed by atoms with Crippen LogP contribution >= 0.6 is 11.3 Å². The van der Waals surface area contributed by atoms with Crippen molar-refractivity contribution in [3.05, 3.63) is 58.5 Å². The molecule has 2 aliphatic rings. The van der Waals surface area contributed by atoms with Crippen molar-refractivity contribution >= 4 is 34.2 Å². The molecule has 1 saturated carbocycles. The van der Waals surface area contributed by atoms with Crippen LogP contribution in [0.3, 0.4) is 0 Å². The predicted octanol–water partition coefficient (Wildman–Crippen LogP) is 7.36. The molecule has 4 rings (SSSR count). The van der Waals surface area contributed by atoms with E-state index in [0.29, 0.717) is 30.6 Å². The van der Waals surface area contributed by atoms with Gasteiger partial charge in [-0.05, 0) is 69.7 Å². The number of likely N-dealkylation sites (tertiary alicyclic amines) is 1. The van der Waals surface area contributed by atoms with Crippen molar-refractivity contribution in [2.75, 3.05) is 0 Å². The van der Waals surface area contributed by atoms with Crippen molar-refractivity contribution in [1.29, 1.82) is 0 Å². The molecule has 2 fully saturated rings. The highest BCUT2D eigenvalue weighted by atomic mass is 32.1. The van der Waals surface area contributed by atoms with Crippen molar-refractivity contribution in [2.24, 2.45) is 10.9 Å². The Balaban J connectivity index is 1.38. The number of unbranched alkanes of at least 4 members (excludes halogenated alkanes) is 1. The molecule has 2 atom stereocenters. The monoisotopic (exact) mass is 486 g/mol. The minimum atomic E-state index is -0.611. The Kier molecular flexibility index (Phi) is 7.51. The zero-order valence-electron chi connectivity index (χ0n) is 20.0. The maximum atomic E-state index is 13.8. The first-order chi connectivity index (χ1) is 16.3. The number of halogens is 2. The van der Waals surface area contributed by atoms with E-state index >= 15 is 0 Å². The molecule has 0 N–H and O–H groups in total. The van der Waals surface area contributed by atoms with Gasteiger partial charge in [0.1, 0.15) is 28.5 Å². The van der Waals surface area contributed by atoms with Gasteiger partial charge in [0.15, 0.2) is 0 Å². The van der Waals surface area contributed by atoms with Gasteiger partial charge in [0.2, 0.25) is 5.91 Å². The fourth-order valence-electron chi connectivity index (χ4n) is 4.86. The van der Waals surface area contributed by atoms with E-state index in [4.69, 9.17) is 4.74 Å². The van der Waals surface area contributed by atoms with Crippen LogP contribution in [0.15, 0.2) is 35.8 Å². The number of hydrogen-bond acceptors (Lipinski definition) is 4. The Bertz CT molecular complexity index is 1070. The van der Waals surface area contributed by atoms with Gasteiger partial charge in [0.25, 0.3) is 0 Å². The summed E-state index contributed by atoms with van der Waals surface area (Å²) < 4.78 is 33.7. The van der Waals surface area contributed by atoms with Crippen LogP contribution in [0, 0.1) is 24.5 Å². The first kappa shape index (κ1) is 24.6. The Labute approximate surface area is 204 Å². The lowest BCUT2D eigenvalue weighted by Gasteiger charge is -2.40. The number of carbonyl (C=O) groups is 1. The number of benzene rings is 1. The summed E-state index contributed by atoms with van der Waals surface area (Å²) in [5, 5.41) is 0.902. The highest BCUT2D eigenvalue weighted by Gasteiger charge is 2.44. The summed E-state index contributed by atoms with van der Waals surface area (Å²) in [7, 11) is 0. The molecule has 0 radical (unpaired) electrons. The molecule has 0 bridgehead atoms. The SMILES string of the molecule is C=C(OC1CC(C(=O)N2C(C)CCC2c2cc(F)cc(F)c2)C1)c1cc(C)sc1/N=C\CCC. The zero-order valence-corrected chi connectivity index (χ0v) is 20.8. The van der Waals surface area contributed by atoms with Gasteiger partial charge in [-0.2, -0.15) is 0 Å². The summed E-state index contributed by atoms with van der Waals surface area (Å²) in [5.74, 6) is -0.738. The number of thiophene rings is 1. The lowest BCUT2D eigenvalue weighted by molar-refractivity contribution is -0.145. The van der Waals surface area contributed by atoms with Gasteiger partial charge in [-0.3, -0.25) is 4.79 Å². The van der Waals surface area contributed by atoms with Crippen molar-refractivity contribution in [3.8, 4) is 0 Å². The smallest absolute Gasteiger partial charge is 0.226 e. The van der Waals surface area contributed by atoms with Crippen LogP contribution < -0.4 is 0 Å². The van der Waals surface area contributed by atoms with E-state index in [1.165, 1.54) is 12.1 Å². The Morgan fingerprint density at radius 3 is 2.62 bits per heavy atom. The summed E-state index contributed by atoms with van der Waals surface area (Å²) in [5.41, 5.74) is 1.44. The largest absolute Gasteiger partial charge is 0.490 e. The first-order valence-electron chi connectivity index (χ1n) is 12.0. The fraction of sp³-hybridized carbons (Fsp3) is 0.481. The number of hydrogen-bond donors (Lipinski definition) is 0. The lowest BCUT2D eigenvalue weighted by Crippen LogP contribution is -2.46. The number of amides is 1. The summed E-state index contributed by atoms with van der Waals surface area (Å²) in [6.45, 7) is 10.3. The molecule has 1 saturated heterocycles. The number of aryl methyl sites for hydroxylation is 1. The highest BCUT2D eigenvalue weighted by molar-refractivity contribution is 7.16. The third kappa shape index (κ3) is 5.24. The van der Waals surface area contributed by atoms with Gasteiger partial charge in [0.05, 0.1) is 11.6 Å². The van der Waals surface area contributed by atoms with E-state index in [0.717, 1.165) is 40.8 Å². The summed E-state index contributed by atoms with van der Waals surface area (Å²) in [6, 6.07) is 5.33. The van der Waals surface area contributed by atoms with Crippen LogP contribution in [0.5, 0.6) is 0 Å². The molecular weight excluding hydrogens is 454 g/mol. The average molecular weight is 487 g/mol. The number of ether oxygens (including phenoxy) is 1. The number of nitrogens with zero attached hydrogens (tertiary/aromatic N) is 2. The van der Waals surface area contributed by atoms with Gasteiger partial charge in [-0.15, -0.1) is 11.3 Å². The minimum Gasteiger partial charge on any atom is -0.490 e. The molecule has 1 aromatic heterocycles. The van der Waals surface area contributed by atoms with Crippen molar-refractivity contribution < 1.29 is 18.3 Å². The summed E-state index contributed by atoms with van der Waals surface area (Å²) >= 11 is 1.62. The molecule has 1 aromatic carbocycles. The molecule has 2 heterocycles.